The second-order valence-corrected chi connectivity index (χ2v) is 4.14. The molecule has 0 bridgehead atoms. The third kappa shape index (κ3) is 2.32. The number of likely N-dealkylation sites (N-methyl/N-ethyl adjacent to an activating group) is 1. The highest BCUT2D eigenvalue weighted by Gasteiger charge is 2.17. The SMILES string of the molecule is CNCCc1nc2c(c(OC)n1)CCCC2. The van der Waals surface area contributed by atoms with Gasteiger partial charge in [0.2, 0.25) is 5.88 Å². The van der Waals surface area contributed by atoms with Gasteiger partial charge in [-0.3, -0.25) is 0 Å². The Morgan fingerprint density at radius 3 is 2.81 bits per heavy atom. The molecule has 0 radical (unpaired) electrons. The lowest BCUT2D eigenvalue weighted by Crippen LogP contribution is -2.16. The van der Waals surface area contributed by atoms with E-state index in [1.807, 2.05) is 7.05 Å². The zero-order chi connectivity index (χ0) is 11.4. The summed E-state index contributed by atoms with van der Waals surface area (Å²) in [5.41, 5.74) is 2.42. The van der Waals surface area contributed by atoms with Crippen molar-refractivity contribution in [3.63, 3.8) is 0 Å². The fourth-order valence-corrected chi connectivity index (χ4v) is 2.13. The zero-order valence-electron chi connectivity index (χ0n) is 10.0. The molecule has 1 aromatic rings. The van der Waals surface area contributed by atoms with Gasteiger partial charge in [-0.1, -0.05) is 0 Å². The van der Waals surface area contributed by atoms with Gasteiger partial charge in [-0.25, -0.2) is 4.98 Å². The standard InChI is InChI=1S/C12H19N3O/c1-13-8-7-11-14-10-6-4-3-5-9(10)12(15-11)16-2/h13H,3-8H2,1-2H3. The fourth-order valence-electron chi connectivity index (χ4n) is 2.13. The van der Waals surface area contributed by atoms with Crippen molar-refractivity contribution in [2.75, 3.05) is 20.7 Å². The summed E-state index contributed by atoms with van der Waals surface area (Å²) in [6, 6.07) is 0. The summed E-state index contributed by atoms with van der Waals surface area (Å²) < 4.78 is 5.36. The van der Waals surface area contributed by atoms with Crippen molar-refractivity contribution in [3.8, 4) is 5.88 Å². The first-order valence-electron chi connectivity index (χ1n) is 5.92. The first kappa shape index (κ1) is 11.3. The highest BCUT2D eigenvalue weighted by Crippen LogP contribution is 2.26. The van der Waals surface area contributed by atoms with Crippen molar-refractivity contribution in [2.24, 2.45) is 0 Å². The Morgan fingerprint density at radius 1 is 1.25 bits per heavy atom. The molecular weight excluding hydrogens is 202 g/mol. The average Bonchev–Trinajstić information content (AvgIpc) is 2.35. The van der Waals surface area contributed by atoms with Crippen LogP contribution in [-0.2, 0) is 19.3 Å². The smallest absolute Gasteiger partial charge is 0.219 e. The predicted octanol–water partition coefficient (Wildman–Crippen LogP) is 1.13. The molecule has 88 valence electrons. The number of aryl methyl sites for hydroxylation is 1. The first-order valence-corrected chi connectivity index (χ1v) is 5.92. The predicted molar refractivity (Wildman–Crippen MR) is 62.9 cm³/mol. The average molecular weight is 221 g/mol. The van der Waals surface area contributed by atoms with Crippen LogP contribution >= 0.6 is 0 Å². The summed E-state index contributed by atoms with van der Waals surface area (Å²) in [4.78, 5) is 9.10. The van der Waals surface area contributed by atoms with E-state index in [0.29, 0.717) is 0 Å². The van der Waals surface area contributed by atoms with Gasteiger partial charge in [0.1, 0.15) is 5.82 Å². The van der Waals surface area contributed by atoms with Crippen molar-refractivity contribution in [1.29, 1.82) is 0 Å². The topological polar surface area (TPSA) is 47.0 Å². The maximum Gasteiger partial charge on any atom is 0.219 e. The zero-order valence-corrected chi connectivity index (χ0v) is 10.0. The number of hydrogen-bond donors (Lipinski definition) is 1. The van der Waals surface area contributed by atoms with Crippen LogP contribution in [0, 0.1) is 0 Å². The fraction of sp³-hybridized carbons (Fsp3) is 0.667. The number of rotatable bonds is 4. The number of fused-ring (bicyclic) bond motifs is 1. The highest BCUT2D eigenvalue weighted by atomic mass is 16.5. The highest BCUT2D eigenvalue weighted by molar-refractivity contribution is 5.33. The Kier molecular flexibility index (Phi) is 3.72. The van der Waals surface area contributed by atoms with Crippen LogP contribution in [0.5, 0.6) is 5.88 Å². The van der Waals surface area contributed by atoms with Gasteiger partial charge in [-0.2, -0.15) is 4.98 Å². The molecule has 0 atom stereocenters. The van der Waals surface area contributed by atoms with E-state index in [9.17, 15) is 0 Å². The Labute approximate surface area is 96.4 Å². The Morgan fingerprint density at radius 2 is 2.06 bits per heavy atom. The number of ether oxygens (including phenoxy) is 1. The summed E-state index contributed by atoms with van der Waals surface area (Å²) >= 11 is 0. The van der Waals surface area contributed by atoms with Crippen molar-refractivity contribution in [2.45, 2.75) is 32.1 Å². The minimum atomic E-state index is 0.788. The van der Waals surface area contributed by atoms with Crippen LogP contribution in [0.1, 0.15) is 29.9 Å². The van der Waals surface area contributed by atoms with Gasteiger partial charge in [-0.15, -0.1) is 0 Å². The quantitative estimate of drug-likeness (QED) is 0.828. The van der Waals surface area contributed by atoms with E-state index in [4.69, 9.17) is 4.74 Å². The van der Waals surface area contributed by atoms with Crippen LogP contribution in [0.25, 0.3) is 0 Å². The van der Waals surface area contributed by atoms with Crippen molar-refractivity contribution in [1.82, 2.24) is 15.3 Å². The molecule has 0 fully saturated rings. The summed E-state index contributed by atoms with van der Waals surface area (Å²) in [5.74, 6) is 1.68. The Hall–Kier alpha value is -1.16. The van der Waals surface area contributed by atoms with Crippen LogP contribution in [-0.4, -0.2) is 30.7 Å². The van der Waals surface area contributed by atoms with Crippen LogP contribution in [0.4, 0.5) is 0 Å². The Bertz CT molecular complexity index is 348. The molecule has 1 aliphatic carbocycles. The van der Waals surface area contributed by atoms with Crippen LogP contribution in [0.3, 0.4) is 0 Å². The third-order valence-corrected chi connectivity index (χ3v) is 2.98. The molecule has 0 amide bonds. The number of nitrogens with zero attached hydrogens (tertiary/aromatic N) is 2. The van der Waals surface area contributed by atoms with Gasteiger partial charge in [0.15, 0.2) is 0 Å². The van der Waals surface area contributed by atoms with E-state index in [1.54, 1.807) is 7.11 Å². The first-order chi connectivity index (χ1) is 7.85. The summed E-state index contributed by atoms with van der Waals surface area (Å²) in [6.45, 7) is 0.905. The molecule has 0 aliphatic heterocycles. The van der Waals surface area contributed by atoms with Gasteiger partial charge < -0.3 is 10.1 Å². The second kappa shape index (κ2) is 5.25. The van der Waals surface area contributed by atoms with E-state index in [2.05, 4.69) is 15.3 Å². The monoisotopic (exact) mass is 221 g/mol. The molecule has 4 heteroatoms. The van der Waals surface area contributed by atoms with Gasteiger partial charge in [0, 0.05) is 18.5 Å². The molecule has 1 aromatic heterocycles. The number of aromatic nitrogens is 2. The molecule has 0 unspecified atom stereocenters. The molecule has 0 saturated carbocycles. The number of hydrogen-bond acceptors (Lipinski definition) is 4. The maximum atomic E-state index is 5.36. The number of nitrogens with one attached hydrogen (secondary N) is 1. The Balaban J connectivity index is 2.28. The summed E-state index contributed by atoms with van der Waals surface area (Å²) in [7, 11) is 3.63. The largest absolute Gasteiger partial charge is 0.481 e. The minimum absolute atomic E-state index is 0.788. The molecule has 2 rings (SSSR count). The van der Waals surface area contributed by atoms with Crippen molar-refractivity contribution in [3.05, 3.63) is 17.1 Å². The third-order valence-electron chi connectivity index (χ3n) is 2.98. The molecule has 0 saturated heterocycles. The molecule has 0 aromatic carbocycles. The van der Waals surface area contributed by atoms with E-state index < -0.39 is 0 Å². The minimum Gasteiger partial charge on any atom is -0.481 e. The van der Waals surface area contributed by atoms with Crippen LogP contribution in [0.15, 0.2) is 0 Å². The molecule has 1 heterocycles. The van der Waals surface area contributed by atoms with E-state index in [-0.39, 0.29) is 0 Å². The molecule has 1 aliphatic rings. The van der Waals surface area contributed by atoms with E-state index in [0.717, 1.165) is 37.5 Å². The molecule has 4 nitrogen and oxygen atoms in total. The van der Waals surface area contributed by atoms with Gasteiger partial charge in [0.05, 0.1) is 12.8 Å². The van der Waals surface area contributed by atoms with E-state index in [1.165, 1.54) is 24.1 Å². The molecule has 1 N–H and O–H groups in total. The lowest BCUT2D eigenvalue weighted by Gasteiger charge is -2.17. The van der Waals surface area contributed by atoms with Crippen LogP contribution in [0.2, 0.25) is 0 Å². The lowest BCUT2D eigenvalue weighted by atomic mass is 9.97. The maximum absolute atomic E-state index is 5.36. The van der Waals surface area contributed by atoms with Gasteiger partial charge >= 0.3 is 0 Å². The molecule has 0 spiro atoms. The summed E-state index contributed by atoms with van der Waals surface area (Å²) in [6.07, 6.45) is 5.45. The normalized spacial score (nSPS) is 14.6. The van der Waals surface area contributed by atoms with Gasteiger partial charge in [0.25, 0.3) is 0 Å². The van der Waals surface area contributed by atoms with Crippen LogP contribution < -0.4 is 10.1 Å². The van der Waals surface area contributed by atoms with Crippen molar-refractivity contribution >= 4 is 0 Å². The lowest BCUT2D eigenvalue weighted by molar-refractivity contribution is 0.384. The molecular formula is C12H19N3O. The van der Waals surface area contributed by atoms with Crippen molar-refractivity contribution < 1.29 is 4.74 Å². The van der Waals surface area contributed by atoms with Gasteiger partial charge in [-0.05, 0) is 32.7 Å². The van der Waals surface area contributed by atoms with E-state index >= 15 is 0 Å². The second-order valence-electron chi connectivity index (χ2n) is 4.14. The summed E-state index contributed by atoms with van der Waals surface area (Å²) in [5, 5.41) is 3.11. The number of methoxy groups -OCH3 is 1. The molecule has 16 heavy (non-hydrogen) atoms.